The topological polar surface area (TPSA) is 117 Å². The van der Waals surface area contributed by atoms with Gasteiger partial charge in [-0.15, -0.1) is 0 Å². The first-order valence-electron chi connectivity index (χ1n) is 11.8. The molecule has 3 rings (SSSR count). The molecule has 1 aromatic heterocycles. The van der Waals surface area contributed by atoms with Crippen LogP contribution in [0, 0.1) is 5.92 Å². The van der Waals surface area contributed by atoms with Gasteiger partial charge >= 0.3 is 5.97 Å². The zero-order chi connectivity index (χ0) is 25.6. The molecule has 8 nitrogen and oxygen atoms in total. The van der Waals surface area contributed by atoms with Gasteiger partial charge in [-0.2, -0.15) is 4.98 Å². The third-order valence-corrected chi connectivity index (χ3v) is 5.80. The third-order valence-electron chi connectivity index (χ3n) is 5.80. The highest BCUT2D eigenvalue weighted by molar-refractivity contribution is 5.94. The summed E-state index contributed by atoms with van der Waals surface area (Å²) in [4.78, 5) is 27.3. The lowest BCUT2D eigenvalue weighted by Crippen LogP contribution is -2.29. The van der Waals surface area contributed by atoms with Gasteiger partial charge in [0.05, 0.1) is 6.42 Å². The number of carboxylic acids is 1. The van der Waals surface area contributed by atoms with Crippen LogP contribution in [0.2, 0.25) is 0 Å². The number of carboxylic acid groups (broad SMARTS) is 1. The summed E-state index contributed by atoms with van der Waals surface area (Å²) in [7, 11) is 0. The normalized spacial score (nSPS) is 12.4. The van der Waals surface area contributed by atoms with Gasteiger partial charge in [-0.25, -0.2) is 0 Å². The number of hydrogen-bond acceptors (Lipinski definition) is 6. The smallest absolute Gasteiger partial charge is 0.305 e. The maximum absolute atomic E-state index is 12.1. The number of aliphatic carboxylic acids is 1. The van der Waals surface area contributed by atoms with Crippen LogP contribution < -0.4 is 10.6 Å². The highest BCUT2D eigenvalue weighted by Gasteiger charge is 2.19. The van der Waals surface area contributed by atoms with E-state index in [1.165, 1.54) is 5.56 Å². The first-order valence-corrected chi connectivity index (χ1v) is 11.8. The van der Waals surface area contributed by atoms with Gasteiger partial charge in [0, 0.05) is 35.8 Å². The molecule has 8 heteroatoms. The average Bonchev–Trinajstić information content (AvgIpc) is 3.27. The minimum absolute atomic E-state index is 0.0546. The summed E-state index contributed by atoms with van der Waals surface area (Å²) in [6.45, 7) is 10.9. The molecule has 1 heterocycles. The second-order valence-corrected chi connectivity index (χ2v) is 10.0. The summed E-state index contributed by atoms with van der Waals surface area (Å²) in [5.41, 5.74) is 3.56. The van der Waals surface area contributed by atoms with Crippen molar-refractivity contribution < 1.29 is 19.2 Å². The maximum atomic E-state index is 12.1. The molecule has 0 bridgehead atoms. The molecule has 0 saturated heterocycles. The van der Waals surface area contributed by atoms with Crippen LogP contribution in [-0.2, 0) is 16.6 Å². The number of nitrogens with zero attached hydrogens (tertiary/aromatic N) is 2. The molecule has 186 valence electrons. The van der Waals surface area contributed by atoms with Crippen LogP contribution in [0.5, 0.6) is 0 Å². The number of amides is 1. The van der Waals surface area contributed by atoms with Gasteiger partial charge in [0.15, 0.2) is 5.82 Å². The fraction of sp³-hybridized carbons (Fsp3) is 0.407. The van der Waals surface area contributed by atoms with E-state index in [4.69, 9.17) is 9.63 Å². The summed E-state index contributed by atoms with van der Waals surface area (Å²) >= 11 is 0. The summed E-state index contributed by atoms with van der Waals surface area (Å²) in [5, 5.41) is 19.0. The van der Waals surface area contributed by atoms with Gasteiger partial charge in [0.2, 0.25) is 0 Å². The van der Waals surface area contributed by atoms with E-state index >= 15 is 0 Å². The highest BCUT2D eigenvalue weighted by atomic mass is 16.5. The van der Waals surface area contributed by atoms with Gasteiger partial charge < -0.3 is 20.3 Å². The van der Waals surface area contributed by atoms with Crippen LogP contribution in [0.4, 0.5) is 5.69 Å². The molecule has 0 saturated carbocycles. The number of carbonyl (C=O) groups excluding carboxylic acids is 1. The fourth-order valence-corrected chi connectivity index (χ4v) is 3.53. The molecule has 1 amide bonds. The summed E-state index contributed by atoms with van der Waals surface area (Å²) < 4.78 is 5.53. The van der Waals surface area contributed by atoms with Crippen molar-refractivity contribution >= 4 is 17.6 Å². The van der Waals surface area contributed by atoms with Crippen molar-refractivity contribution in [3.63, 3.8) is 0 Å². The number of nitrogens with one attached hydrogen (secondary N) is 2. The molecule has 0 aliphatic carbocycles. The Morgan fingerprint density at radius 3 is 2.26 bits per heavy atom. The van der Waals surface area contributed by atoms with E-state index in [-0.39, 0.29) is 30.3 Å². The van der Waals surface area contributed by atoms with Crippen molar-refractivity contribution in [2.24, 2.45) is 5.92 Å². The molecule has 1 atom stereocenters. The Morgan fingerprint density at radius 1 is 1.03 bits per heavy atom. The quantitative estimate of drug-likeness (QED) is 0.379. The molecule has 0 aliphatic heterocycles. The molecule has 0 spiro atoms. The van der Waals surface area contributed by atoms with Gasteiger partial charge in [0.1, 0.15) is 0 Å². The molecular weight excluding hydrogens is 444 g/mol. The minimum Gasteiger partial charge on any atom is -0.481 e. The minimum atomic E-state index is -0.947. The molecule has 0 fully saturated rings. The fourth-order valence-electron chi connectivity index (χ4n) is 3.53. The van der Waals surface area contributed by atoms with Gasteiger partial charge in [-0.3, -0.25) is 9.59 Å². The monoisotopic (exact) mass is 478 g/mol. The summed E-state index contributed by atoms with van der Waals surface area (Å²) in [6, 6.07) is 15.3. The van der Waals surface area contributed by atoms with E-state index in [1.54, 1.807) is 12.1 Å². The van der Waals surface area contributed by atoms with E-state index in [0.29, 0.717) is 29.6 Å². The van der Waals surface area contributed by atoms with E-state index in [1.807, 2.05) is 24.3 Å². The van der Waals surface area contributed by atoms with Crippen LogP contribution in [-0.4, -0.2) is 39.7 Å². The molecular formula is C27H34N4O4. The van der Waals surface area contributed by atoms with Gasteiger partial charge in [-0.1, -0.05) is 51.9 Å². The Hall–Kier alpha value is -3.68. The van der Waals surface area contributed by atoms with Crippen LogP contribution in [0.15, 0.2) is 53.1 Å². The molecule has 1 unspecified atom stereocenters. The van der Waals surface area contributed by atoms with Crippen molar-refractivity contribution in [3.8, 4) is 11.5 Å². The Bertz CT molecular complexity index is 1130. The predicted molar refractivity (Wildman–Crippen MR) is 135 cm³/mol. The molecule has 3 N–H and O–H groups in total. The van der Waals surface area contributed by atoms with E-state index in [2.05, 4.69) is 67.5 Å². The molecule has 2 aromatic carbocycles. The summed E-state index contributed by atoms with van der Waals surface area (Å²) in [6.07, 6.45) is 0.472. The third kappa shape index (κ3) is 7.40. The average molecular weight is 479 g/mol. The predicted octanol–water partition coefficient (Wildman–Crippen LogP) is 4.92. The number of aromatic nitrogens is 2. The zero-order valence-corrected chi connectivity index (χ0v) is 21.0. The van der Waals surface area contributed by atoms with Crippen LogP contribution in [0.1, 0.15) is 62.8 Å². The second kappa shape index (κ2) is 11.2. The standard InChI is InChI=1S/C27H34N4O4/c1-17(2)22(29-21-12-8-18(9-13-21)25(34)28-15-14-24(32)33)16-23-30-26(35-31-23)19-6-10-20(11-7-19)27(3,4)5/h6-13,17,22,29H,14-16H2,1-5H3,(H,28,34)(H,32,33). The SMILES string of the molecule is CC(C)C(Cc1noc(-c2ccc(C(C)(C)C)cc2)n1)Nc1ccc(C(=O)NCCC(=O)O)cc1. The summed E-state index contributed by atoms with van der Waals surface area (Å²) in [5.74, 6) is 0.175. The van der Waals surface area contributed by atoms with Crippen LogP contribution in [0.3, 0.4) is 0 Å². The Morgan fingerprint density at radius 2 is 1.69 bits per heavy atom. The van der Waals surface area contributed by atoms with E-state index < -0.39 is 5.97 Å². The van der Waals surface area contributed by atoms with E-state index in [9.17, 15) is 9.59 Å². The van der Waals surface area contributed by atoms with Crippen molar-refractivity contribution in [1.29, 1.82) is 0 Å². The van der Waals surface area contributed by atoms with Crippen LogP contribution >= 0.6 is 0 Å². The molecule has 0 aliphatic rings. The van der Waals surface area contributed by atoms with Gasteiger partial charge in [0.25, 0.3) is 11.8 Å². The first kappa shape index (κ1) is 25.9. The highest BCUT2D eigenvalue weighted by Crippen LogP contribution is 2.26. The van der Waals surface area contributed by atoms with Crippen molar-refractivity contribution in [2.45, 2.75) is 58.9 Å². The number of rotatable bonds is 10. The lowest BCUT2D eigenvalue weighted by molar-refractivity contribution is -0.136. The van der Waals surface area contributed by atoms with Gasteiger partial charge in [-0.05, 0) is 53.3 Å². The maximum Gasteiger partial charge on any atom is 0.305 e. The number of hydrogen-bond donors (Lipinski definition) is 3. The van der Waals surface area contributed by atoms with Crippen molar-refractivity contribution in [2.75, 3.05) is 11.9 Å². The number of benzene rings is 2. The van der Waals surface area contributed by atoms with Crippen molar-refractivity contribution in [3.05, 3.63) is 65.5 Å². The van der Waals surface area contributed by atoms with Crippen LogP contribution in [0.25, 0.3) is 11.5 Å². The molecule has 35 heavy (non-hydrogen) atoms. The molecule has 0 radical (unpaired) electrons. The lowest BCUT2D eigenvalue weighted by atomic mass is 9.87. The number of anilines is 1. The number of carbonyl (C=O) groups is 2. The van der Waals surface area contributed by atoms with E-state index in [0.717, 1.165) is 11.3 Å². The Kier molecular flexibility index (Phi) is 8.27. The largest absolute Gasteiger partial charge is 0.481 e. The lowest BCUT2D eigenvalue weighted by Gasteiger charge is -2.22. The first-order chi connectivity index (χ1) is 16.5. The Balaban J connectivity index is 1.62. The Labute approximate surface area is 206 Å². The molecule has 3 aromatic rings. The van der Waals surface area contributed by atoms with Crippen molar-refractivity contribution in [1.82, 2.24) is 15.5 Å². The zero-order valence-electron chi connectivity index (χ0n) is 21.0. The second-order valence-electron chi connectivity index (χ2n) is 10.0.